The summed E-state index contributed by atoms with van der Waals surface area (Å²) in [6, 6.07) is 2.80. The highest BCUT2D eigenvalue weighted by Gasteiger charge is 2.20. The van der Waals surface area contributed by atoms with Crippen LogP contribution in [-0.2, 0) is 13.1 Å². The second-order valence-electron chi connectivity index (χ2n) is 4.81. The molecule has 4 nitrogen and oxygen atoms in total. The molecule has 1 aliphatic carbocycles. The third-order valence-corrected chi connectivity index (χ3v) is 3.34. The lowest BCUT2D eigenvalue weighted by Gasteiger charge is -1.98. The van der Waals surface area contributed by atoms with Crippen LogP contribution < -0.4 is 5.32 Å². The molecule has 1 N–H and O–H groups in total. The normalized spacial score (nSPS) is 15.2. The predicted octanol–water partition coefficient (Wildman–Crippen LogP) is 2.74. The van der Waals surface area contributed by atoms with Crippen LogP contribution in [0.2, 0.25) is 5.02 Å². The number of hydrogen-bond acceptors (Lipinski definition) is 3. The van der Waals surface area contributed by atoms with Gasteiger partial charge in [0.15, 0.2) is 0 Å². The fraction of sp³-hybridized carbons (Fsp3) is 0.462. The van der Waals surface area contributed by atoms with Crippen LogP contribution in [0.25, 0.3) is 0 Å². The molecule has 2 aromatic heterocycles. The van der Waals surface area contributed by atoms with E-state index in [0.717, 1.165) is 23.6 Å². The van der Waals surface area contributed by atoms with Gasteiger partial charge in [-0.3, -0.25) is 4.68 Å². The number of halogens is 1. The fourth-order valence-electron chi connectivity index (χ4n) is 1.96. The molecule has 0 unspecified atom stereocenters. The van der Waals surface area contributed by atoms with E-state index in [1.165, 1.54) is 12.8 Å². The Morgan fingerprint density at radius 3 is 3.06 bits per heavy atom. The Labute approximate surface area is 111 Å². The van der Waals surface area contributed by atoms with Gasteiger partial charge in [-0.05, 0) is 25.8 Å². The van der Waals surface area contributed by atoms with E-state index in [1.807, 2.05) is 17.8 Å². The van der Waals surface area contributed by atoms with Gasteiger partial charge in [-0.25, -0.2) is 0 Å². The molecule has 0 spiro atoms. The minimum absolute atomic E-state index is 0.659. The summed E-state index contributed by atoms with van der Waals surface area (Å²) in [4.78, 5) is 0. The van der Waals surface area contributed by atoms with E-state index >= 15 is 0 Å². The summed E-state index contributed by atoms with van der Waals surface area (Å²) in [6.45, 7) is 3.50. The van der Waals surface area contributed by atoms with Crippen LogP contribution in [0.1, 0.15) is 29.9 Å². The van der Waals surface area contributed by atoms with E-state index in [4.69, 9.17) is 16.0 Å². The Bertz CT molecular complexity index is 542. The van der Waals surface area contributed by atoms with E-state index in [-0.39, 0.29) is 0 Å². The number of aromatic nitrogens is 2. The van der Waals surface area contributed by atoms with Crippen LogP contribution >= 0.6 is 11.6 Å². The second kappa shape index (κ2) is 4.78. The van der Waals surface area contributed by atoms with Gasteiger partial charge in [-0.15, -0.1) is 0 Å². The number of rotatable bonds is 5. The van der Waals surface area contributed by atoms with Crippen LogP contribution in [0.3, 0.4) is 0 Å². The molecule has 2 heterocycles. The highest BCUT2D eigenvalue weighted by atomic mass is 35.5. The lowest BCUT2D eigenvalue weighted by atomic mass is 10.2. The van der Waals surface area contributed by atoms with Crippen molar-refractivity contribution in [3.8, 4) is 0 Å². The van der Waals surface area contributed by atoms with Gasteiger partial charge < -0.3 is 9.73 Å². The average molecular weight is 266 g/mol. The van der Waals surface area contributed by atoms with Crippen LogP contribution in [0.4, 0.5) is 0 Å². The minimum atomic E-state index is 0.659. The third kappa shape index (κ3) is 2.76. The summed E-state index contributed by atoms with van der Waals surface area (Å²) in [6.07, 6.45) is 6.04. The van der Waals surface area contributed by atoms with Crippen molar-refractivity contribution in [2.45, 2.75) is 38.9 Å². The Morgan fingerprint density at radius 2 is 2.39 bits per heavy atom. The number of nitrogens with zero attached hydrogens (tertiary/aromatic N) is 2. The molecule has 1 aliphatic rings. The zero-order valence-electron chi connectivity index (χ0n) is 10.3. The Hall–Kier alpha value is -1.26. The Kier molecular flexibility index (Phi) is 3.14. The molecule has 0 saturated heterocycles. The van der Waals surface area contributed by atoms with Crippen LogP contribution in [0, 0.1) is 6.92 Å². The average Bonchev–Trinajstić information content (AvgIpc) is 2.99. The smallest absolute Gasteiger partial charge is 0.118 e. The van der Waals surface area contributed by atoms with Crippen molar-refractivity contribution >= 4 is 11.6 Å². The molecule has 1 saturated carbocycles. The van der Waals surface area contributed by atoms with Gasteiger partial charge in [0.2, 0.25) is 0 Å². The van der Waals surface area contributed by atoms with Crippen molar-refractivity contribution in [3.05, 3.63) is 40.6 Å². The molecular formula is C13H16ClN3O. The van der Waals surface area contributed by atoms with E-state index in [9.17, 15) is 0 Å². The van der Waals surface area contributed by atoms with Gasteiger partial charge in [0, 0.05) is 17.8 Å². The number of nitrogens with one attached hydrogen (secondary N) is 1. The van der Waals surface area contributed by atoms with Crippen molar-refractivity contribution < 1.29 is 4.42 Å². The number of aryl methyl sites for hydroxylation is 1. The highest BCUT2D eigenvalue weighted by molar-refractivity contribution is 6.30. The van der Waals surface area contributed by atoms with Gasteiger partial charge >= 0.3 is 0 Å². The molecule has 0 atom stereocenters. The lowest BCUT2D eigenvalue weighted by Crippen LogP contribution is -2.14. The van der Waals surface area contributed by atoms with Gasteiger partial charge in [0.1, 0.15) is 11.5 Å². The second-order valence-corrected chi connectivity index (χ2v) is 5.24. The minimum Gasteiger partial charge on any atom is -0.465 e. The third-order valence-electron chi connectivity index (χ3n) is 3.15. The summed E-state index contributed by atoms with van der Waals surface area (Å²) in [5, 5.41) is 8.28. The fourth-order valence-corrected chi connectivity index (χ4v) is 2.12. The van der Waals surface area contributed by atoms with Crippen molar-refractivity contribution in [2.24, 2.45) is 0 Å². The van der Waals surface area contributed by atoms with E-state index < -0.39 is 0 Å². The molecular weight excluding hydrogens is 250 g/mol. The van der Waals surface area contributed by atoms with Gasteiger partial charge in [0.25, 0.3) is 0 Å². The Balaban J connectivity index is 1.67. The zero-order valence-corrected chi connectivity index (χ0v) is 11.1. The SMILES string of the molecule is Cc1oc(CNC2CC2)cc1Cn1cc(Cl)cn1. The maximum atomic E-state index is 5.85. The first-order valence-corrected chi connectivity index (χ1v) is 6.58. The standard InChI is InChI=1S/C13H16ClN3O/c1-9-10(7-17-8-11(14)5-16-17)4-13(18-9)6-15-12-2-3-12/h4-5,8,12,15H,2-3,6-7H2,1H3. The van der Waals surface area contributed by atoms with E-state index in [1.54, 1.807) is 6.20 Å². The first kappa shape index (κ1) is 11.8. The number of hydrogen-bond donors (Lipinski definition) is 1. The molecule has 3 rings (SSSR count). The molecule has 0 aliphatic heterocycles. The molecule has 0 amide bonds. The molecule has 5 heteroatoms. The quantitative estimate of drug-likeness (QED) is 0.904. The first-order chi connectivity index (χ1) is 8.70. The van der Waals surface area contributed by atoms with Crippen molar-refractivity contribution in [1.82, 2.24) is 15.1 Å². The summed E-state index contributed by atoms with van der Waals surface area (Å²) >= 11 is 5.85. The lowest BCUT2D eigenvalue weighted by molar-refractivity contribution is 0.458. The summed E-state index contributed by atoms with van der Waals surface area (Å²) in [7, 11) is 0. The molecule has 0 radical (unpaired) electrons. The molecule has 96 valence electrons. The van der Waals surface area contributed by atoms with Crippen molar-refractivity contribution in [1.29, 1.82) is 0 Å². The van der Waals surface area contributed by atoms with Crippen LogP contribution in [-0.4, -0.2) is 15.8 Å². The molecule has 18 heavy (non-hydrogen) atoms. The van der Waals surface area contributed by atoms with Gasteiger partial charge in [-0.1, -0.05) is 11.6 Å². The maximum Gasteiger partial charge on any atom is 0.118 e. The van der Waals surface area contributed by atoms with Crippen LogP contribution in [0.15, 0.2) is 22.9 Å². The predicted molar refractivity (Wildman–Crippen MR) is 69.6 cm³/mol. The van der Waals surface area contributed by atoms with Crippen LogP contribution in [0.5, 0.6) is 0 Å². The number of furan rings is 1. The zero-order chi connectivity index (χ0) is 12.5. The monoisotopic (exact) mass is 265 g/mol. The largest absolute Gasteiger partial charge is 0.465 e. The maximum absolute atomic E-state index is 5.85. The summed E-state index contributed by atoms with van der Waals surface area (Å²) < 4.78 is 7.55. The van der Waals surface area contributed by atoms with Crippen molar-refractivity contribution in [2.75, 3.05) is 0 Å². The molecule has 0 bridgehead atoms. The van der Waals surface area contributed by atoms with E-state index in [2.05, 4.69) is 16.5 Å². The highest BCUT2D eigenvalue weighted by Crippen LogP contribution is 2.21. The molecule has 1 fully saturated rings. The van der Waals surface area contributed by atoms with Crippen molar-refractivity contribution in [3.63, 3.8) is 0 Å². The van der Waals surface area contributed by atoms with Gasteiger partial charge in [-0.2, -0.15) is 5.10 Å². The summed E-state index contributed by atoms with van der Waals surface area (Å²) in [5.74, 6) is 1.95. The molecule has 2 aromatic rings. The molecule has 0 aromatic carbocycles. The van der Waals surface area contributed by atoms with Gasteiger partial charge in [0.05, 0.1) is 24.3 Å². The Morgan fingerprint density at radius 1 is 1.56 bits per heavy atom. The summed E-state index contributed by atoms with van der Waals surface area (Å²) in [5.41, 5.74) is 1.15. The van der Waals surface area contributed by atoms with E-state index in [0.29, 0.717) is 17.6 Å². The topological polar surface area (TPSA) is 43.0 Å². The first-order valence-electron chi connectivity index (χ1n) is 6.20.